The predicted molar refractivity (Wildman–Crippen MR) is 66.0 cm³/mol. The Morgan fingerprint density at radius 3 is 3.00 bits per heavy atom. The highest BCUT2D eigenvalue weighted by atomic mass is 16.4. The van der Waals surface area contributed by atoms with E-state index in [2.05, 4.69) is 5.32 Å². The second-order valence-electron chi connectivity index (χ2n) is 4.55. The lowest BCUT2D eigenvalue weighted by atomic mass is 10.1. The molecule has 2 N–H and O–H groups in total. The van der Waals surface area contributed by atoms with Crippen LogP contribution in [-0.4, -0.2) is 41.0 Å². The van der Waals surface area contributed by atoms with Crippen molar-refractivity contribution in [2.45, 2.75) is 19.5 Å². The van der Waals surface area contributed by atoms with Crippen molar-refractivity contribution in [3.63, 3.8) is 0 Å². The van der Waals surface area contributed by atoms with E-state index in [1.165, 1.54) is 0 Å². The number of hydrogen-bond acceptors (Lipinski definition) is 3. The van der Waals surface area contributed by atoms with Crippen LogP contribution in [0.5, 0.6) is 0 Å². The Hall–Kier alpha value is -1.88. The van der Waals surface area contributed by atoms with Gasteiger partial charge in [-0.1, -0.05) is 29.8 Å². The fourth-order valence-electron chi connectivity index (χ4n) is 2.14. The Bertz CT molecular complexity index is 473. The summed E-state index contributed by atoms with van der Waals surface area (Å²) < 4.78 is 0. The van der Waals surface area contributed by atoms with Gasteiger partial charge < -0.3 is 10.4 Å². The van der Waals surface area contributed by atoms with Crippen molar-refractivity contribution in [1.82, 2.24) is 10.2 Å². The average molecular weight is 248 g/mol. The summed E-state index contributed by atoms with van der Waals surface area (Å²) in [7, 11) is 0. The number of benzene rings is 1. The monoisotopic (exact) mass is 248 g/mol. The molecule has 5 heteroatoms. The van der Waals surface area contributed by atoms with Crippen LogP contribution in [0.2, 0.25) is 0 Å². The van der Waals surface area contributed by atoms with E-state index in [1.54, 1.807) is 4.90 Å². The summed E-state index contributed by atoms with van der Waals surface area (Å²) in [6.45, 7) is 2.76. The van der Waals surface area contributed by atoms with Gasteiger partial charge in [-0.25, -0.2) is 0 Å². The van der Waals surface area contributed by atoms with E-state index in [0.717, 1.165) is 11.1 Å². The third-order valence-corrected chi connectivity index (χ3v) is 3.03. The number of aliphatic carboxylic acids is 1. The molecule has 2 rings (SSSR count). The third-order valence-electron chi connectivity index (χ3n) is 3.03. The second kappa shape index (κ2) is 5.18. The van der Waals surface area contributed by atoms with Crippen molar-refractivity contribution in [2.75, 3.05) is 13.1 Å². The van der Waals surface area contributed by atoms with E-state index >= 15 is 0 Å². The van der Waals surface area contributed by atoms with Crippen LogP contribution in [0.15, 0.2) is 24.3 Å². The fourth-order valence-corrected chi connectivity index (χ4v) is 2.14. The first-order chi connectivity index (χ1) is 8.56. The van der Waals surface area contributed by atoms with Crippen molar-refractivity contribution < 1.29 is 14.7 Å². The number of nitrogens with zero attached hydrogens (tertiary/aromatic N) is 1. The van der Waals surface area contributed by atoms with Gasteiger partial charge in [0.1, 0.15) is 6.04 Å². The van der Waals surface area contributed by atoms with Crippen LogP contribution in [0, 0.1) is 6.92 Å². The van der Waals surface area contributed by atoms with Gasteiger partial charge in [-0.15, -0.1) is 0 Å². The highest BCUT2D eigenvalue weighted by Crippen LogP contribution is 2.12. The molecule has 0 bridgehead atoms. The first-order valence-electron chi connectivity index (χ1n) is 5.85. The zero-order valence-corrected chi connectivity index (χ0v) is 10.2. The number of carbonyl (C=O) groups is 2. The van der Waals surface area contributed by atoms with Crippen molar-refractivity contribution in [3.05, 3.63) is 35.4 Å². The van der Waals surface area contributed by atoms with Crippen molar-refractivity contribution in [3.8, 4) is 0 Å². The summed E-state index contributed by atoms with van der Waals surface area (Å²) >= 11 is 0. The molecule has 1 aliphatic heterocycles. The zero-order chi connectivity index (χ0) is 13.1. The maximum atomic E-state index is 11.4. The van der Waals surface area contributed by atoms with Gasteiger partial charge in [0.05, 0.1) is 6.54 Å². The Kier molecular flexibility index (Phi) is 3.62. The number of hydrogen-bond donors (Lipinski definition) is 2. The summed E-state index contributed by atoms with van der Waals surface area (Å²) in [5, 5.41) is 11.7. The molecule has 1 amide bonds. The average Bonchev–Trinajstić information content (AvgIpc) is 2.28. The molecule has 96 valence electrons. The van der Waals surface area contributed by atoms with Gasteiger partial charge >= 0.3 is 5.97 Å². The molecule has 5 nitrogen and oxygen atoms in total. The van der Waals surface area contributed by atoms with Crippen LogP contribution in [0.1, 0.15) is 11.1 Å². The van der Waals surface area contributed by atoms with Gasteiger partial charge in [0.25, 0.3) is 0 Å². The number of rotatable bonds is 3. The van der Waals surface area contributed by atoms with E-state index in [1.807, 2.05) is 31.2 Å². The SMILES string of the molecule is Cc1cccc(CN2CC(=O)NCC2C(=O)O)c1. The minimum absolute atomic E-state index is 0.125. The van der Waals surface area contributed by atoms with Crippen LogP contribution in [0.3, 0.4) is 0 Å². The highest BCUT2D eigenvalue weighted by molar-refractivity contribution is 5.83. The van der Waals surface area contributed by atoms with Crippen molar-refractivity contribution in [1.29, 1.82) is 0 Å². The first-order valence-corrected chi connectivity index (χ1v) is 5.85. The molecule has 1 aliphatic rings. The number of carbonyl (C=O) groups excluding carboxylic acids is 1. The molecule has 0 radical (unpaired) electrons. The van der Waals surface area contributed by atoms with Crippen LogP contribution < -0.4 is 5.32 Å². The second-order valence-corrected chi connectivity index (χ2v) is 4.55. The Labute approximate surface area is 105 Å². The van der Waals surface area contributed by atoms with Gasteiger partial charge in [0, 0.05) is 13.1 Å². The van der Waals surface area contributed by atoms with Crippen LogP contribution in [-0.2, 0) is 16.1 Å². The normalized spacial score (nSPS) is 20.5. The Morgan fingerprint density at radius 2 is 2.33 bits per heavy atom. The molecule has 1 fully saturated rings. The minimum atomic E-state index is -0.900. The summed E-state index contributed by atoms with van der Waals surface area (Å²) in [6.07, 6.45) is 0. The van der Waals surface area contributed by atoms with E-state index in [9.17, 15) is 9.59 Å². The molecule has 1 aromatic carbocycles. The summed E-state index contributed by atoms with van der Waals surface area (Å²) in [4.78, 5) is 24.2. The number of carboxylic acids is 1. The Balaban J connectivity index is 2.13. The molecule has 18 heavy (non-hydrogen) atoms. The summed E-state index contributed by atoms with van der Waals surface area (Å²) in [5.41, 5.74) is 2.15. The first kappa shape index (κ1) is 12.6. The van der Waals surface area contributed by atoms with Crippen molar-refractivity contribution in [2.24, 2.45) is 0 Å². The zero-order valence-electron chi connectivity index (χ0n) is 10.2. The number of amides is 1. The number of nitrogens with one attached hydrogen (secondary N) is 1. The molecule has 0 aliphatic carbocycles. The van der Waals surface area contributed by atoms with Crippen LogP contribution in [0.25, 0.3) is 0 Å². The van der Waals surface area contributed by atoms with E-state index in [-0.39, 0.29) is 19.0 Å². The molecular formula is C13H16N2O3. The largest absolute Gasteiger partial charge is 0.480 e. The van der Waals surface area contributed by atoms with Gasteiger partial charge in [-0.3, -0.25) is 14.5 Å². The fraction of sp³-hybridized carbons (Fsp3) is 0.385. The number of aryl methyl sites for hydroxylation is 1. The molecule has 1 unspecified atom stereocenters. The van der Waals surface area contributed by atoms with E-state index in [0.29, 0.717) is 6.54 Å². The maximum absolute atomic E-state index is 11.4. The minimum Gasteiger partial charge on any atom is -0.480 e. The third kappa shape index (κ3) is 2.87. The molecule has 0 saturated carbocycles. The standard InChI is InChI=1S/C13H16N2O3/c1-9-3-2-4-10(5-9)7-15-8-12(16)14-6-11(15)13(17)18/h2-5,11H,6-8H2,1H3,(H,14,16)(H,17,18). The van der Waals surface area contributed by atoms with Crippen LogP contribution in [0.4, 0.5) is 0 Å². The molecule has 1 heterocycles. The predicted octanol–water partition coefficient (Wildman–Crippen LogP) is 0.380. The lowest BCUT2D eigenvalue weighted by Crippen LogP contribution is -2.56. The number of piperazine rings is 1. The van der Waals surface area contributed by atoms with Crippen molar-refractivity contribution >= 4 is 11.9 Å². The summed E-state index contributed by atoms with van der Waals surface area (Å²) in [5.74, 6) is -1.03. The van der Waals surface area contributed by atoms with E-state index < -0.39 is 12.0 Å². The number of carboxylic acid groups (broad SMARTS) is 1. The molecule has 0 spiro atoms. The van der Waals surface area contributed by atoms with Gasteiger partial charge in [0.2, 0.25) is 5.91 Å². The quantitative estimate of drug-likeness (QED) is 0.811. The molecular weight excluding hydrogens is 232 g/mol. The molecule has 1 aromatic rings. The van der Waals surface area contributed by atoms with Gasteiger partial charge in [-0.2, -0.15) is 0 Å². The molecule has 0 aromatic heterocycles. The Morgan fingerprint density at radius 1 is 1.56 bits per heavy atom. The van der Waals surface area contributed by atoms with Gasteiger partial charge in [-0.05, 0) is 12.5 Å². The van der Waals surface area contributed by atoms with Gasteiger partial charge in [0.15, 0.2) is 0 Å². The highest BCUT2D eigenvalue weighted by Gasteiger charge is 2.31. The van der Waals surface area contributed by atoms with E-state index in [4.69, 9.17) is 5.11 Å². The molecule has 1 saturated heterocycles. The smallest absolute Gasteiger partial charge is 0.322 e. The lowest BCUT2D eigenvalue weighted by molar-refractivity contribution is -0.146. The maximum Gasteiger partial charge on any atom is 0.322 e. The lowest BCUT2D eigenvalue weighted by Gasteiger charge is -2.32. The molecule has 1 atom stereocenters. The van der Waals surface area contributed by atoms with Crippen LogP contribution >= 0.6 is 0 Å². The topological polar surface area (TPSA) is 69.6 Å². The summed E-state index contributed by atoms with van der Waals surface area (Å²) in [6, 6.07) is 7.22.